The normalized spacial score (nSPS) is 27.5. The number of rotatable bonds is 5. The van der Waals surface area contributed by atoms with Crippen LogP contribution in [-0.4, -0.2) is 30.5 Å². The maximum Gasteiger partial charge on any atom is 0.401 e. The SMILES string of the molecule is CC1CC[C@@H](C(C)C)C(OC(=O)C2C(c3ccc(F)c(Br)c3)=NCC2(c2cc(Cl)c(Cl)c(Cl)c2)C(F)(F)F)C1. The number of esters is 1. The second-order valence-electron chi connectivity index (χ2n) is 10.8. The molecule has 4 rings (SSSR count). The number of benzene rings is 2. The Morgan fingerprint density at radius 2 is 1.77 bits per heavy atom. The molecule has 1 fully saturated rings. The Kier molecular flexibility index (Phi) is 9.02. The van der Waals surface area contributed by atoms with Gasteiger partial charge in [0.1, 0.15) is 23.3 Å². The van der Waals surface area contributed by atoms with Crippen LogP contribution in [0.5, 0.6) is 0 Å². The minimum Gasteiger partial charge on any atom is -0.462 e. The molecule has 3 nitrogen and oxygen atoms in total. The molecule has 212 valence electrons. The predicted molar refractivity (Wildman–Crippen MR) is 149 cm³/mol. The fourth-order valence-electron chi connectivity index (χ4n) is 5.81. The number of hydrogen-bond acceptors (Lipinski definition) is 3. The molecule has 0 bridgehead atoms. The van der Waals surface area contributed by atoms with Crippen LogP contribution in [0.1, 0.15) is 51.2 Å². The highest BCUT2D eigenvalue weighted by atomic mass is 79.9. The molecule has 4 unspecified atom stereocenters. The van der Waals surface area contributed by atoms with Gasteiger partial charge in [-0.1, -0.05) is 68.1 Å². The van der Waals surface area contributed by atoms with Gasteiger partial charge in [0.25, 0.3) is 0 Å². The van der Waals surface area contributed by atoms with E-state index in [9.17, 15) is 9.18 Å². The Morgan fingerprint density at radius 1 is 1.13 bits per heavy atom. The number of halogens is 8. The number of alkyl halides is 3. The van der Waals surface area contributed by atoms with E-state index in [2.05, 4.69) is 20.9 Å². The van der Waals surface area contributed by atoms with Crippen molar-refractivity contribution in [3.8, 4) is 0 Å². The van der Waals surface area contributed by atoms with Crippen molar-refractivity contribution < 1.29 is 27.1 Å². The van der Waals surface area contributed by atoms with Gasteiger partial charge in [0, 0.05) is 0 Å². The first-order valence-corrected chi connectivity index (χ1v) is 14.5. The average molecular weight is 672 g/mol. The van der Waals surface area contributed by atoms with Gasteiger partial charge in [-0.2, -0.15) is 13.2 Å². The zero-order valence-electron chi connectivity index (χ0n) is 21.4. The predicted octanol–water partition coefficient (Wildman–Crippen LogP) is 9.47. The zero-order valence-corrected chi connectivity index (χ0v) is 25.2. The van der Waals surface area contributed by atoms with E-state index in [-0.39, 0.29) is 54.1 Å². The van der Waals surface area contributed by atoms with Gasteiger partial charge in [0.15, 0.2) is 0 Å². The van der Waals surface area contributed by atoms with Crippen molar-refractivity contribution >= 4 is 62.4 Å². The van der Waals surface area contributed by atoms with Gasteiger partial charge in [-0.05, 0) is 81.9 Å². The Hall–Kier alpha value is -1.35. The molecule has 1 aliphatic carbocycles. The summed E-state index contributed by atoms with van der Waals surface area (Å²) in [6.07, 6.45) is -3.22. The van der Waals surface area contributed by atoms with Crippen molar-refractivity contribution in [2.45, 2.75) is 57.7 Å². The van der Waals surface area contributed by atoms with Crippen molar-refractivity contribution in [2.24, 2.45) is 28.7 Å². The van der Waals surface area contributed by atoms with Gasteiger partial charge in [0.2, 0.25) is 0 Å². The van der Waals surface area contributed by atoms with Gasteiger partial charge in [-0.15, -0.1) is 0 Å². The smallest absolute Gasteiger partial charge is 0.401 e. The Bertz CT molecular complexity index is 1280. The van der Waals surface area contributed by atoms with Crippen molar-refractivity contribution in [1.29, 1.82) is 0 Å². The van der Waals surface area contributed by atoms with Gasteiger partial charge < -0.3 is 4.74 Å². The van der Waals surface area contributed by atoms with Crippen LogP contribution in [0.3, 0.4) is 0 Å². The molecular weight excluding hydrogens is 645 g/mol. The molecule has 5 atom stereocenters. The van der Waals surface area contributed by atoms with Crippen molar-refractivity contribution in [2.75, 3.05) is 6.54 Å². The summed E-state index contributed by atoms with van der Waals surface area (Å²) in [5.41, 5.74) is -3.18. The lowest BCUT2D eigenvalue weighted by atomic mass is 9.68. The van der Waals surface area contributed by atoms with Gasteiger partial charge in [0.05, 0.1) is 31.8 Å². The van der Waals surface area contributed by atoms with Gasteiger partial charge in [-0.3, -0.25) is 9.79 Å². The minimum absolute atomic E-state index is 0.00612. The molecule has 0 spiro atoms. The molecule has 0 saturated heterocycles. The molecule has 1 aliphatic heterocycles. The number of ether oxygens (including phenoxy) is 1. The first kappa shape index (κ1) is 30.6. The van der Waals surface area contributed by atoms with E-state index in [1.807, 2.05) is 20.8 Å². The lowest BCUT2D eigenvalue weighted by molar-refractivity contribution is -0.204. The Balaban J connectivity index is 1.88. The largest absolute Gasteiger partial charge is 0.462 e. The van der Waals surface area contributed by atoms with E-state index in [1.165, 1.54) is 12.1 Å². The highest BCUT2D eigenvalue weighted by Crippen LogP contribution is 2.53. The van der Waals surface area contributed by atoms with E-state index < -0.39 is 41.9 Å². The molecular formula is C28H27BrCl3F4NO2. The molecule has 11 heteroatoms. The maximum absolute atomic E-state index is 15.3. The monoisotopic (exact) mass is 669 g/mol. The molecule has 2 aromatic rings. The average Bonchev–Trinajstić information content (AvgIpc) is 3.26. The van der Waals surface area contributed by atoms with Crippen LogP contribution >= 0.6 is 50.7 Å². The molecule has 0 amide bonds. The van der Waals surface area contributed by atoms with Crippen LogP contribution in [0.2, 0.25) is 15.1 Å². The molecule has 0 N–H and O–H groups in total. The molecule has 1 heterocycles. The molecule has 1 saturated carbocycles. The number of nitrogens with zero attached hydrogens (tertiary/aromatic N) is 1. The number of aliphatic imine (C=N–C) groups is 1. The quantitative estimate of drug-likeness (QED) is 0.181. The van der Waals surface area contributed by atoms with Crippen LogP contribution in [0.4, 0.5) is 17.6 Å². The summed E-state index contributed by atoms with van der Waals surface area (Å²) in [6.45, 7) is 5.24. The lowest BCUT2D eigenvalue weighted by Crippen LogP contribution is -2.54. The highest BCUT2D eigenvalue weighted by Gasteiger charge is 2.67. The fraction of sp³-hybridized carbons (Fsp3) is 0.500. The molecule has 2 aliphatic rings. The number of carbonyl (C=O) groups is 1. The molecule has 0 aromatic heterocycles. The van der Waals surface area contributed by atoms with Crippen LogP contribution in [0.25, 0.3) is 0 Å². The Labute approximate surface area is 248 Å². The summed E-state index contributed by atoms with van der Waals surface area (Å²) < 4.78 is 65.9. The summed E-state index contributed by atoms with van der Waals surface area (Å²) in [7, 11) is 0. The van der Waals surface area contributed by atoms with Crippen LogP contribution in [0, 0.1) is 29.5 Å². The second kappa shape index (κ2) is 11.5. The molecule has 2 aromatic carbocycles. The first-order chi connectivity index (χ1) is 18.2. The maximum atomic E-state index is 15.3. The lowest BCUT2D eigenvalue weighted by Gasteiger charge is -2.40. The van der Waals surface area contributed by atoms with E-state index in [0.717, 1.165) is 31.0 Å². The summed E-state index contributed by atoms with van der Waals surface area (Å²) in [5, 5.41) is -0.473. The number of hydrogen-bond donors (Lipinski definition) is 0. The highest BCUT2D eigenvalue weighted by molar-refractivity contribution is 9.10. The standard InChI is InChI=1S/C28H27BrCl3F4NO2/c1-13(2)17-6-4-14(3)8-22(17)39-26(38)23-25(15-5-7-21(33)18(29)9-15)37-12-27(23,28(34,35)36)16-10-19(30)24(32)20(31)11-16/h5,7,9-11,13-14,17,22-23H,4,6,8,12H2,1-3H3/t14?,17-,22?,23?,27?/m0/s1. The molecule has 0 radical (unpaired) electrons. The topological polar surface area (TPSA) is 38.7 Å². The van der Waals surface area contributed by atoms with E-state index >= 15 is 13.2 Å². The van der Waals surface area contributed by atoms with E-state index in [1.54, 1.807) is 0 Å². The van der Waals surface area contributed by atoms with E-state index in [4.69, 9.17) is 39.5 Å². The Morgan fingerprint density at radius 3 is 2.33 bits per heavy atom. The first-order valence-electron chi connectivity index (χ1n) is 12.6. The summed E-state index contributed by atoms with van der Waals surface area (Å²) >= 11 is 21.5. The zero-order chi connectivity index (χ0) is 28.9. The van der Waals surface area contributed by atoms with Crippen LogP contribution in [-0.2, 0) is 14.9 Å². The molecule has 39 heavy (non-hydrogen) atoms. The third-order valence-corrected chi connectivity index (χ3v) is 9.75. The summed E-state index contributed by atoms with van der Waals surface area (Å²) in [5.74, 6) is -3.12. The third kappa shape index (κ3) is 5.73. The van der Waals surface area contributed by atoms with E-state index in [0.29, 0.717) is 6.42 Å². The minimum atomic E-state index is -4.98. The number of carbonyl (C=O) groups excluding carboxylic acids is 1. The van der Waals surface area contributed by atoms with Gasteiger partial charge >= 0.3 is 12.1 Å². The third-order valence-electron chi connectivity index (χ3n) is 7.95. The van der Waals surface area contributed by atoms with Crippen molar-refractivity contribution in [1.82, 2.24) is 0 Å². The van der Waals surface area contributed by atoms with Crippen LogP contribution in [0.15, 0.2) is 39.8 Å². The van der Waals surface area contributed by atoms with Crippen molar-refractivity contribution in [3.63, 3.8) is 0 Å². The summed E-state index contributed by atoms with van der Waals surface area (Å²) in [4.78, 5) is 18.3. The summed E-state index contributed by atoms with van der Waals surface area (Å²) in [6, 6.07) is 5.85. The van der Waals surface area contributed by atoms with Gasteiger partial charge in [-0.25, -0.2) is 4.39 Å². The van der Waals surface area contributed by atoms with Crippen LogP contribution < -0.4 is 0 Å². The fourth-order valence-corrected chi connectivity index (χ4v) is 6.78. The second-order valence-corrected chi connectivity index (χ2v) is 12.8. The van der Waals surface area contributed by atoms with Crippen molar-refractivity contribution in [3.05, 3.63) is 66.8 Å².